The Morgan fingerprint density at radius 1 is 1.21 bits per heavy atom. The van der Waals surface area contributed by atoms with E-state index in [0.29, 0.717) is 17.0 Å². The third kappa shape index (κ3) is 2.75. The highest BCUT2D eigenvalue weighted by Gasteiger charge is 2.40. The first-order valence-electron chi connectivity index (χ1n) is 7.03. The van der Waals surface area contributed by atoms with Crippen LogP contribution in [-0.2, 0) is 27.8 Å². The zero-order valence-corrected chi connectivity index (χ0v) is 13.3. The lowest BCUT2D eigenvalue weighted by Crippen LogP contribution is -2.49. The topological polar surface area (TPSA) is 100 Å². The molecule has 8 heteroatoms. The predicted octanol–water partition coefficient (Wildman–Crippen LogP) is 0.658. The van der Waals surface area contributed by atoms with Crippen molar-refractivity contribution in [1.29, 1.82) is 0 Å². The fraction of sp³-hybridized carbons (Fsp3) is 0.188. The van der Waals surface area contributed by atoms with E-state index in [1.807, 2.05) is 0 Å². The van der Waals surface area contributed by atoms with Gasteiger partial charge in [-0.3, -0.25) is 14.8 Å². The van der Waals surface area contributed by atoms with E-state index in [1.54, 1.807) is 0 Å². The Morgan fingerprint density at radius 2 is 1.83 bits per heavy atom. The van der Waals surface area contributed by atoms with Gasteiger partial charge < -0.3 is 5.11 Å². The van der Waals surface area contributed by atoms with Gasteiger partial charge in [0.15, 0.2) is 0 Å². The number of aliphatic carboxylic acids is 1. The lowest BCUT2D eigenvalue weighted by atomic mass is 10.1. The molecule has 0 bridgehead atoms. The fourth-order valence-corrected chi connectivity index (χ4v) is 4.11. The van der Waals surface area contributed by atoms with Gasteiger partial charge in [0.25, 0.3) is 0 Å². The van der Waals surface area contributed by atoms with Gasteiger partial charge in [-0.1, -0.05) is 5.92 Å². The third-order valence-electron chi connectivity index (χ3n) is 3.81. The summed E-state index contributed by atoms with van der Waals surface area (Å²) in [5.41, 5.74) is 1.50. The van der Waals surface area contributed by atoms with E-state index in [2.05, 4.69) is 15.9 Å². The summed E-state index contributed by atoms with van der Waals surface area (Å²) in [5.74, 6) is 1.18. The minimum atomic E-state index is -4.01. The van der Waals surface area contributed by atoms with Crippen LogP contribution in [0.2, 0.25) is 0 Å². The maximum atomic E-state index is 12.9. The Kier molecular flexibility index (Phi) is 4.05. The van der Waals surface area contributed by atoms with Crippen molar-refractivity contribution in [2.45, 2.75) is 23.9 Å². The molecule has 1 aromatic carbocycles. The second kappa shape index (κ2) is 6.03. The molecule has 1 aromatic heterocycles. The second-order valence-electron chi connectivity index (χ2n) is 5.23. The van der Waals surface area contributed by atoms with Crippen molar-refractivity contribution in [1.82, 2.24) is 14.3 Å². The SMILES string of the molecule is C#Cc1ccc(S(=O)(=O)N2Cc3nccnc3C[C@@H]2C(=O)O)cc1. The van der Waals surface area contributed by atoms with E-state index in [0.717, 1.165) is 4.31 Å². The third-order valence-corrected chi connectivity index (χ3v) is 5.68. The molecule has 0 amide bonds. The molecule has 7 nitrogen and oxygen atoms in total. The van der Waals surface area contributed by atoms with Crippen molar-refractivity contribution in [3.05, 3.63) is 53.6 Å². The van der Waals surface area contributed by atoms with Crippen molar-refractivity contribution < 1.29 is 18.3 Å². The van der Waals surface area contributed by atoms with Crippen molar-refractivity contribution >= 4 is 16.0 Å². The van der Waals surface area contributed by atoms with Gasteiger partial charge in [-0.2, -0.15) is 4.31 Å². The quantitative estimate of drug-likeness (QED) is 0.822. The van der Waals surface area contributed by atoms with Gasteiger partial charge in [0.2, 0.25) is 10.0 Å². The van der Waals surface area contributed by atoms with Crippen molar-refractivity contribution in [3.8, 4) is 12.3 Å². The van der Waals surface area contributed by atoms with Crippen LogP contribution in [-0.4, -0.2) is 39.8 Å². The smallest absolute Gasteiger partial charge is 0.322 e. The van der Waals surface area contributed by atoms with E-state index < -0.39 is 22.0 Å². The zero-order valence-electron chi connectivity index (χ0n) is 12.5. The number of hydrogen-bond acceptors (Lipinski definition) is 5. The van der Waals surface area contributed by atoms with Crippen LogP contribution < -0.4 is 0 Å². The number of terminal acetylenes is 1. The molecule has 0 saturated heterocycles. The van der Waals surface area contributed by atoms with E-state index >= 15 is 0 Å². The summed E-state index contributed by atoms with van der Waals surface area (Å²) in [6, 6.07) is 4.51. The van der Waals surface area contributed by atoms with Gasteiger partial charge in [0.1, 0.15) is 6.04 Å². The van der Waals surface area contributed by atoms with Crippen LogP contribution in [0.1, 0.15) is 17.0 Å². The van der Waals surface area contributed by atoms with Crippen molar-refractivity contribution in [2.75, 3.05) is 0 Å². The Hall–Kier alpha value is -2.76. The highest BCUT2D eigenvalue weighted by Crippen LogP contribution is 2.27. The van der Waals surface area contributed by atoms with Crippen LogP contribution in [0, 0.1) is 12.3 Å². The molecular weight excluding hydrogens is 330 g/mol. The number of fused-ring (bicyclic) bond motifs is 1. The Labute approximate surface area is 139 Å². The summed E-state index contributed by atoms with van der Waals surface area (Å²) in [5, 5.41) is 9.45. The number of carboxylic acids is 1. The molecule has 1 aliphatic heterocycles. The number of rotatable bonds is 3. The van der Waals surface area contributed by atoms with E-state index in [-0.39, 0.29) is 17.9 Å². The first kappa shape index (κ1) is 16.1. The maximum absolute atomic E-state index is 12.9. The van der Waals surface area contributed by atoms with Crippen molar-refractivity contribution in [2.24, 2.45) is 0 Å². The second-order valence-corrected chi connectivity index (χ2v) is 7.12. The predicted molar refractivity (Wildman–Crippen MR) is 84.3 cm³/mol. The number of sulfonamides is 1. The van der Waals surface area contributed by atoms with Gasteiger partial charge in [-0.15, -0.1) is 6.42 Å². The molecule has 122 valence electrons. The van der Waals surface area contributed by atoms with Crippen LogP contribution in [0.15, 0.2) is 41.6 Å². The van der Waals surface area contributed by atoms with Gasteiger partial charge in [0.05, 0.1) is 22.8 Å². The van der Waals surface area contributed by atoms with Crippen LogP contribution in [0.25, 0.3) is 0 Å². The number of carbonyl (C=O) groups is 1. The van der Waals surface area contributed by atoms with Gasteiger partial charge in [-0.05, 0) is 24.3 Å². The first-order chi connectivity index (χ1) is 11.4. The molecule has 0 radical (unpaired) electrons. The monoisotopic (exact) mass is 343 g/mol. The van der Waals surface area contributed by atoms with Crippen LogP contribution >= 0.6 is 0 Å². The molecule has 1 aliphatic rings. The lowest BCUT2D eigenvalue weighted by Gasteiger charge is -2.32. The number of benzene rings is 1. The molecule has 1 N–H and O–H groups in total. The Balaban J connectivity index is 2.04. The Bertz CT molecular complexity index is 933. The summed E-state index contributed by atoms with van der Waals surface area (Å²) in [6.07, 6.45) is 8.15. The average molecular weight is 343 g/mol. The summed E-state index contributed by atoms with van der Waals surface area (Å²) >= 11 is 0. The summed E-state index contributed by atoms with van der Waals surface area (Å²) in [4.78, 5) is 19.8. The van der Waals surface area contributed by atoms with Crippen LogP contribution in [0.4, 0.5) is 0 Å². The molecule has 0 saturated carbocycles. The number of carboxylic acid groups (broad SMARTS) is 1. The normalized spacial score (nSPS) is 17.7. The average Bonchev–Trinajstić information content (AvgIpc) is 2.60. The van der Waals surface area contributed by atoms with Crippen LogP contribution in [0.3, 0.4) is 0 Å². The molecule has 3 rings (SSSR count). The first-order valence-corrected chi connectivity index (χ1v) is 8.47. The summed E-state index contributed by atoms with van der Waals surface area (Å²) in [6.45, 7) is -0.140. The van der Waals surface area contributed by atoms with Crippen LogP contribution in [0.5, 0.6) is 0 Å². The highest BCUT2D eigenvalue weighted by atomic mass is 32.2. The molecular formula is C16H13N3O4S. The molecule has 1 atom stereocenters. The molecule has 0 spiro atoms. The number of hydrogen-bond donors (Lipinski definition) is 1. The number of nitrogens with zero attached hydrogens (tertiary/aromatic N) is 3. The molecule has 2 heterocycles. The summed E-state index contributed by atoms with van der Waals surface area (Å²) < 4.78 is 26.7. The number of aromatic nitrogens is 2. The molecule has 2 aromatic rings. The van der Waals surface area contributed by atoms with E-state index in [4.69, 9.17) is 6.42 Å². The fourth-order valence-electron chi connectivity index (χ4n) is 2.56. The molecule has 0 fully saturated rings. The zero-order chi connectivity index (χ0) is 17.3. The molecule has 24 heavy (non-hydrogen) atoms. The Morgan fingerprint density at radius 3 is 2.42 bits per heavy atom. The van der Waals surface area contributed by atoms with E-state index in [9.17, 15) is 18.3 Å². The van der Waals surface area contributed by atoms with E-state index in [1.165, 1.54) is 36.7 Å². The standard InChI is InChI=1S/C16H13N3O4S/c1-2-11-3-5-12(6-4-11)24(22,23)19-10-14-13(17-7-8-18-14)9-15(19)16(20)21/h1,3-8,15H,9-10H2,(H,20,21)/t15-/m1/s1. The maximum Gasteiger partial charge on any atom is 0.322 e. The van der Waals surface area contributed by atoms with Gasteiger partial charge in [0, 0.05) is 24.4 Å². The minimum absolute atomic E-state index is 0.0138. The summed E-state index contributed by atoms with van der Waals surface area (Å²) in [7, 11) is -4.01. The lowest BCUT2D eigenvalue weighted by molar-refractivity contribution is -0.141. The largest absolute Gasteiger partial charge is 0.480 e. The highest BCUT2D eigenvalue weighted by molar-refractivity contribution is 7.89. The van der Waals surface area contributed by atoms with Gasteiger partial charge >= 0.3 is 5.97 Å². The molecule has 0 aliphatic carbocycles. The van der Waals surface area contributed by atoms with Gasteiger partial charge in [-0.25, -0.2) is 8.42 Å². The molecule has 0 unspecified atom stereocenters. The minimum Gasteiger partial charge on any atom is -0.480 e. The van der Waals surface area contributed by atoms with Crippen molar-refractivity contribution in [3.63, 3.8) is 0 Å².